The Bertz CT molecular complexity index is 821. The molecule has 0 saturated heterocycles. The number of allylic oxidation sites excluding steroid dienone is 7. The van der Waals surface area contributed by atoms with Crippen molar-refractivity contribution >= 4 is 16.9 Å². The minimum absolute atomic E-state index is 0.748. The standard InChI is InChI=1S/C29H44N2S/c1-7-8-14-28-15-11-12-19-31(28)29(26(5)22-30(6)20-17-24(2)3)16-10-9-13-25(4)27-18-21-32-23-27/h11-15,18-19,21,23-24H,7-10,16-17,20,22H2,1-6H3/b25-13+,28-14+,29-26+. The van der Waals surface area contributed by atoms with Crippen molar-refractivity contribution in [1.29, 1.82) is 0 Å². The molecule has 0 spiro atoms. The summed E-state index contributed by atoms with van der Waals surface area (Å²) in [6, 6.07) is 2.22. The van der Waals surface area contributed by atoms with Crippen LogP contribution in [0.5, 0.6) is 0 Å². The van der Waals surface area contributed by atoms with Gasteiger partial charge in [-0.25, -0.2) is 0 Å². The van der Waals surface area contributed by atoms with Gasteiger partial charge in [-0.2, -0.15) is 11.3 Å². The van der Waals surface area contributed by atoms with Gasteiger partial charge >= 0.3 is 0 Å². The molecule has 0 atom stereocenters. The third-order valence-electron chi connectivity index (χ3n) is 5.96. The van der Waals surface area contributed by atoms with Crippen molar-refractivity contribution in [3.8, 4) is 0 Å². The zero-order valence-corrected chi connectivity index (χ0v) is 22.0. The van der Waals surface area contributed by atoms with Crippen LogP contribution in [0.15, 0.2) is 70.4 Å². The lowest BCUT2D eigenvalue weighted by Gasteiger charge is -2.30. The van der Waals surface area contributed by atoms with Gasteiger partial charge in [0, 0.05) is 24.1 Å². The molecule has 0 radical (unpaired) electrons. The molecule has 2 rings (SSSR count). The van der Waals surface area contributed by atoms with Crippen molar-refractivity contribution in [1.82, 2.24) is 9.80 Å². The first-order valence-electron chi connectivity index (χ1n) is 12.3. The van der Waals surface area contributed by atoms with E-state index in [0.717, 1.165) is 38.3 Å². The summed E-state index contributed by atoms with van der Waals surface area (Å²) < 4.78 is 0. The average Bonchev–Trinajstić information content (AvgIpc) is 3.31. The predicted molar refractivity (Wildman–Crippen MR) is 145 cm³/mol. The number of hydrogen-bond donors (Lipinski definition) is 0. The molecule has 0 unspecified atom stereocenters. The van der Waals surface area contributed by atoms with Gasteiger partial charge in [-0.15, -0.1) is 0 Å². The van der Waals surface area contributed by atoms with Crippen molar-refractivity contribution in [2.45, 2.75) is 73.1 Å². The van der Waals surface area contributed by atoms with Crippen LogP contribution in [0.25, 0.3) is 5.57 Å². The SMILES string of the molecule is CCC/C=C1\C=CC=CN1/C(CCC/C=C(\C)c1ccsc1)=C(\C)CN(C)CCC(C)C. The third kappa shape index (κ3) is 8.96. The molecule has 176 valence electrons. The number of likely N-dealkylation sites (N-methyl/N-ethyl adjacent to an activating group) is 1. The average molecular weight is 453 g/mol. The molecule has 0 aromatic carbocycles. The Morgan fingerprint density at radius 1 is 1.19 bits per heavy atom. The van der Waals surface area contributed by atoms with Gasteiger partial charge in [-0.3, -0.25) is 0 Å². The molecule has 32 heavy (non-hydrogen) atoms. The summed E-state index contributed by atoms with van der Waals surface area (Å²) in [5, 5.41) is 4.40. The molecule has 1 aromatic heterocycles. The Hall–Kier alpha value is -1.84. The van der Waals surface area contributed by atoms with Crippen LogP contribution in [0.4, 0.5) is 0 Å². The monoisotopic (exact) mass is 452 g/mol. The third-order valence-corrected chi connectivity index (χ3v) is 6.64. The molecule has 0 bridgehead atoms. The second-order valence-electron chi connectivity index (χ2n) is 9.43. The van der Waals surface area contributed by atoms with E-state index in [1.54, 1.807) is 11.3 Å². The Morgan fingerprint density at radius 2 is 2.00 bits per heavy atom. The van der Waals surface area contributed by atoms with Crippen LogP contribution >= 0.6 is 11.3 Å². The molecular formula is C29H44N2S. The van der Waals surface area contributed by atoms with E-state index in [2.05, 4.69) is 105 Å². The first-order valence-corrected chi connectivity index (χ1v) is 13.3. The molecule has 0 saturated carbocycles. The second-order valence-corrected chi connectivity index (χ2v) is 10.2. The highest BCUT2D eigenvalue weighted by Gasteiger charge is 2.16. The maximum Gasteiger partial charge on any atom is 0.0412 e. The molecule has 0 amide bonds. The molecule has 2 heterocycles. The summed E-state index contributed by atoms with van der Waals surface area (Å²) in [7, 11) is 2.26. The van der Waals surface area contributed by atoms with Gasteiger partial charge in [0.25, 0.3) is 0 Å². The Kier molecular flexibility index (Phi) is 11.8. The van der Waals surface area contributed by atoms with E-state index < -0.39 is 0 Å². The zero-order chi connectivity index (χ0) is 23.3. The fourth-order valence-electron chi connectivity index (χ4n) is 3.95. The Morgan fingerprint density at radius 3 is 2.69 bits per heavy atom. The van der Waals surface area contributed by atoms with Gasteiger partial charge in [-0.1, -0.05) is 45.4 Å². The van der Waals surface area contributed by atoms with Gasteiger partial charge in [0.05, 0.1) is 0 Å². The summed E-state index contributed by atoms with van der Waals surface area (Å²) >= 11 is 1.77. The van der Waals surface area contributed by atoms with Crippen molar-refractivity contribution < 1.29 is 0 Å². The fourth-order valence-corrected chi connectivity index (χ4v) is 4.66. The van der Waals surface area contributed by atoms with Gasteiger partial charge in [-0.05, 0) is 111 Å². The molecule has 1 aliphatic heterocycles. The normalized spacial score (nSPS) is 16.6. The van der Waals surface area contributed by atoms with E-state index in [9.17, 15) is 0 Å². The van der Waals surface area contributed by atoms with E-state index in [1.807, 2.05) is 0 Å². The highest BCUT2D eigenvalue weighted by Crippen LogP contribution is 2.27. The van der Waals surface area contributed by atoms with E-state index in [1.165, 1.54) is 47.4 Å². The highest BCUT2D eigenvalue weighted by atomic mass is 32.1. The summed E-state index contributed by atoms with van der Waals surface area (Å²) in [6.45, 7) is 13.6. The number of rotatable bonds is 13. The fraction of sp³-hybridized carbons (Fsp3) is 0.517. The molecule has 1 aromatic rings. The summed E-state index contributed by atoms with van der Waals surface area (Å²) in [6.07, 6.45) is 20.5. The predicted octanol–water partition coefficient (Wildman–Crippen LogP) is 8.64. The first kappa shape index (κ1) is 26.4. The van der Waals surface area contributed by atoms with Crippen LogP contribution in [0, 0.1) is 5.92 Å². The largest absolute Gasteiger partial charge is 0.321 e. The van der Waals surface area contributed by atoms with E-state index in [4.69, 9.17) is 0 Å². The molecule has 0 fully saturated rings. The van der Waals surface area contributed by atoms with Crippen LogP contribution in [-0.4, -0.2) is 29.9 Å². The number of thiophene rings is 1. The Labute approximate surface area is 201 Å². The first-order chi connectivity index (χ1) is 15.4. The zero-order valence-electron chi connectivity index (χ0n) is 21.2. The van der Waals surface area contributed by atoms with Crippen LogP contribution < -0.4 is 0 Å². The van der Waals surface area contributed by atoms with Gasteiger partial charge in [0.1, 0.15) is 0 Å². The van der Waals surface area contributed by atoms with Crippen molar-refractivity contribution in [2.24, 2.45) is 5.92 Å². The quantitative estimate of drug-likeness (QED) is 0.276. The molecule has 0 aliphatic carbocycles. The maximum atomic E-state index is 2.48. The second kappa shape index (κ2) is 14.3. The van der Waals surface area contributed by atoms with E-state index >= 15 is 0 Å². The minimum Gasteiger partial charge on any atom is -0.321 e. The Balaban J connectivity index is 2.15. The summed E-state index contributed by atoms with van der Waals surface area (Å²) in [5.41, 5.74) is 7.02. The van der Waals surface area contributed by atoms with E-state index in [0.29, 0.717) is 0 Å². The highest BCUT2D eigenvalue weighted by molar-refractivity contribution is 7.08. The molecule has 0 N–H and O–H groups in total. The molecule has 3 heteroatoms. The number of hydrogen-bond acceptors (Lipinski definition) is 3. The van der Waals surface area contributed by atoms with Crippen molar-refractivity contribution in [3.63, 3.8) is 0 Å². The molecule has 2 nitrogen and oxygen atoms in total. The number of nitrogens with zero attached hydrogens (tertiary/aromatic N) is 2. The smallest absolute Gasteiger partial charge is 0.0412 e. The molecule has 1 aliphatic rings. The van der Waals surface area contributed by atoms with Crippen molar-refractivity contribution in [2.75, 3.05) is 20.1 Å². The van der Waals surface area contributed by atoms with E-state index in [-0.39, 0.29) is 0 Å². The summed E-state index contributed by atoms with van der Waals surface area (Å²) in [5.74, 6) is 0.748. The maximum absolute atomic E-state index is 2.48. The van der Waals surface area contributed by atoms with Crippen LogP contribution in [0.1, 0.15) is 78.7 Å². The van der Waals surface area contributed by atoms with Gasteiger partial charge in [0.2, 0.25) is 0 Å². The molecular weight excluding hydrogens is 408 g/mol. The van der Waals surface area contributed by atoms with Crippen LogP contribution in [0.2, 0.25) is 0 Å². The van der Waals surface area contributed by atoms with Gasteiger partial charge < -0.3 is 9.80 Å². The number of unbranched alkanes of at least 4 members (excludes halogenated alkanes) is 2. The summed E-state index contributed by atoms with van der Waals surface area (Å²) in [4.78, 5) is 4.92. The minimum atomic E-state index is 0.748. The lowest BCUT2D eigenvalue weighted by molar-refractivity contribution is 0.329. The van der Waals surface area contributed by atoms with Crippen molar-refractivity contribution in [3.05, 3.63) is 75.9 Å². The van der Waals surface area contributed by atoms with Crippen LogP contribution in [0.3, 0.4) is 0 Å². The topological polar surface area (TPSA) is 6.48 Å². The lowest BCUT2D eigenvalue weighted by atomic mass is 10.0. The lowest BCUT2D eigenvalue weighted by Crippen LogP contribution is -2.26. The van der Waals surface area contributed by atoms with Gasteiger partial charge in [0.15, 0.2) is 0 Å². The van der Waals surface area contributed by atoms with Crippen LogP contribution in [-0.2, 0) is 0 Å².